The van der Waals surface area contributed by atoms with Crippen LogP contribution in [0, 0.1) is 0 Å². The molecule has 0 aliphatic carbocycles. The van der Waals surface area contributed by atoms with Gasteiger partial charge in [-0.2, -0.15) is 0 Å². The largest absolute Gasteiger partial charge is 0.483 e. The number of amides is 1. The third kappa shape index (κ3) is 4.33. The van der Waals surface area contributed by atoms with Crippen molar-refractivity contribution >= 4 is 5.91 Å². The lowest BCUT2D eigenvalue weighted by Crippen LogP contribution is -2.31. The van der Waals surface area contributed by atoms with Gasteiger partial charge < -0.3 is 15.8 Å². The summed E-state index contributed by atoms with van der Waals surface area (Å²) in [5, 5.41) is 2.91. The zero-order valence-corrected chi connectivity index (χ0v) is 12.1. The molecule has 0 fully saturated rings. The molecule has 3 N–H and O–H groups in total. The van der Waals surface area contributed by atoms with Crippen molar-refractivity contribution in [3.05, 3.63) is 65.7 Å². The molecular formula is C17H20N2O2. The van der Waals surface area contributed by atoms with E-state index in [1.54, 1.807) is 0 Å². The number of benzene rings is 2. The minimum atomic E-state index is -0.154. The smallest absolute Gasteiger partial charge is 0.258 e. The molecule has 0 aliphatic rings. The van der Waals surface area contributed by atoms with Gasteiger partial charge in [0.05, 0.1) is 6.04 Å². The number of carbonyl (C=O) groups excluding carboxylic acids is 1. The van der Waals surface area contributed by atoms with Crippen molar-refractivity contribution in [2.45, 2.75) is 19.5 Å². The van der Waals surface area contributed by atoms with Crippen LogP contribution in [0.5, 0.6) is 5.75 Å². The zero-order valence-electron chi connectivity index (χ0n) is 12.1. The first-order valence-electron chi connectivity index (χ1n) is 6.96. The van der Waals surface area contributed by atoms with Crippen molar-refractivity contribution < 1.29 is 9.53 Å². The maximum absolute atomic E-state index is 11.9. The van der Waals surface area contributed by atoms with E-state index in [1.807, 2.05) is 61.5 Å². The van der Waals surface area contributed by atoms with Crippen LogP contribution in [0.1, 0.15) is 24.1 Å². The number of ether oxygens (including phenoxy) is 1. The van der Waals surface area contributed by atoms with Crippen LogP contribution >= 0.6 is 0 Å². The molecule has 0 saturated heterocycles. The van der Waals surface area contributed by atoms with Gasteiger partial charge in [0.1, 0.15) is 5.75 Å². The average molecular weight is 284 g/mol. The molecule has 0 unspecified atom stereocenters. The summed E-state index contributed by atoms with van der Waals surface area (Å²) in [6, 6.07) is 17.2. The Morgan fingerprint density at radius 3 is 2.52 bits per heavy atom. The third-order valence-electron chi connectivity index (χ3n) is 3.23. The van der Waals surface area contributed by atoms with Crippen LogP contribution in [0.4, 0.5) is 0 Å². The molecule has 1 amide bonds. The predicted molar refractivity (Wildman–Crippen MR) is 82.8 cm³/mol. The van der Waals surface area contributed by atoms with Gasteiger partial charge in [-0.15, -0.1) is 0 Å². The molecule has 2 aromatic carbocycles. The Bertz CT molecular complexity index is 584. The lowest BCUT2D eigenvalue weighted by Gasteiger charge is -2.15. The van der Waals surface area contributed by atoms with Crippen LogP contribution in [-0.2, 0) is 11.3 Å². The monoisotopic (exact) mass is 284 g/mol. The maximum atomic E-state index is 11.9. The molecule has 0 aromatic heterocycles. The number of hydrogen-bond donors (Lipinski definition) is 2. The van der Waals surface area contributed by atoms with Crippen molar-refractivity contribution in [3.63, 3.8) is 0 Å². The van der Waals surface area contributed by atoms with E-state index in [9.17, 15) is 4.79 Å². The summed E-state index contributed by atoms with van der Waals surface area (Å²) in [7, 11) is 0. The molecular weight excluding hydrogens is 264 g/mol. The zero-order chi connectivity index (χ0) is 15.1. The van der Waals surface area contributed by atoms with Crippen LogP contribution < -0.4 is 15.8 Å². The van der Waals surface area contributed by atoms with Crippen molar-refractivity contribution in [2.75, 3.05) is 6.61 Å². The second kappa shape index (κ2) is 7.45. The van der Waals surface area contributed by atoms with E-state index < -0.39 is 0 Å². The Labute approximate surface area is 124 Å². The summed E-state index contributed by atoms with van der Waals surface area (Å²) < 4.78 is 5.53. The molecule has 0 radical (unpaired) electrons. The molecule has 0 saturated carbocycles. The van der Waals surface area contributed by atoms with Crippen LogP contribution in [0.25, 0.3) is 0 Å². The number of nitrogens with two attached hydrogens (primary N) is 1. The summed E-state index contributed by atoms with van der Waals surface area (Å²) in [5.74, 6) is 0.501. The molecule has 0 aliphatic heterocycles. The van der Waals surface area contributed by atoms with Crippen molar-refractivity contribution in [2.24, 2.45) is 5.73 Å². The lowest BCUT2D eigenvalue weighted by atomic mass is 10.1. The van der Waals surface area contributed by atoms with Gasteiger partial charge >= 0.3 is 0 Å². The van der Waals surface area contributed by atoms with Gasteiger partial charge in [-0.1, -0.05) is 48.5 Å². The SMILES string of the molecule is C[C@H](NC(=O)COc1ccccc1CN)c1ccccc1. The first-order valence-corrected chi connectivity index (χ1v) is 6.96. The van der Waals surface area contributed by atoms with Gasteiger partial charge in [0, 0.05) is 12.1 Å². The van der Waals surface area contributed by atoms with Crippen molar-refractivity contribution in [3.8, 4) is 5.75 Å². The van der Waals surface area contributed by atoms with E-state index in [0.29, 0.717) is 12.3 Å². The molecule has 4 heteroatoms. The molecule has 110 valence electrons. The van der Waals surface area contributed by atoms with Crippen LogP contribution in [0.2, 0.25) is 0 Å². The second-order valence-electron chi connectivity index (χ2n) is 4.80. The Kier molecular flexibility index (Phi) is 5.35. The Balaban J connectivity index is 1.88. The van der Waals surface area contributed by atoms with E-state index in [1.165, 1.54) is 0 Å². The number of nitrogens with one attached hydrogen (secondary N) is 1. The summed E-state index contributed by atoms with van der Waals surface area (Å²) in [6.07, 6.45) is 0. The van der Waals surface area contributed by atoms with Crippen molar-refractivity contribution in [1.29, 1.82) is 0 Å². The molecule has 0 bridgehead atoms. The Morgan fingerprint density at radius 1 is 1.14 bits per heavy atom. The topological polar surface area (TPSA) is 64.3 Å². The molecule has 2 rings (SSSR count). The molecule has 0 heterocycles. The highest BCUT2D eigenvalue weighted by molar-refractivity contribution is 5.78. The van der Waals surface area contributed by atoms with Gasteiger partial charge in [-0.05, 0) is 18.6 Å². The highest BCUT2D eigenvalue weighted by atomic mass is 16.5. The normalized spacial score (nSPS) is 11.7. The van der Waals surface area contributed by atoms with Gasteiger partial charge in [0.2, 0.25) is 0 Å². The predicted octanol–water partition coefficient (Wildman–Crippen LogP) is 2.40. The minimum Gasteiger partial charge on any atom is -0.483 e. The quantitative estimate of drug-likeness (QED) is 0.856. The maximum Gasteiger partial charge on any atom is 0.258 e. The number of rotatable bonds is 6. The molecule has 21 heavy (non-hydrogen) atoms. The average Bonchev–Trinajstić information content (AvgIpc) is 2.54. The Hall–Kier alpha value is -2.33. The standard InChI is InChI=1S/C17H20N2O2/c1-13(14-7-3-2-4-8-14)19-17(20)12-21-16-10-6-5-9-15(16)11-18/h2-10,13H,11-12,18H2,1H3,(H,19,20)/t13-/m0/s1. The van der Waals surface area contributed by atoms with Gasteiger partial charge in [0.25, 0.3) is 5.91 Å². The van der Waals surface area contributed by atoms with Crippen LogP contribution in [0.3, 0.4) is 0 Å². The minimum absolute atomic E-state index is 0.0197. The van der Waals surface area contributed by atoms with E-state index in [0.717, 1.165) is 11.1 Å². The van der Waals surface area contributed by atoms with Crippen LogP contribution in [-0.4, -0.2) is 12.5 Å². The van der Waals surface area contributed by atoms with Crippen molar-refractivity contribution in [1.82, 2.24) is 5.32 Å². The van der Waals surface area contributed by atoms with E-state index in [4.69, 9.17) is 10.5 Å². The molecule has 4 nitrogen and oxygen atoms in total. The first-order chi connectivity index (χ1) is 10.2. The fraction of sp³-hybridized carbons (Fsp3) is 0.235. The van der Waals surface area contributed by atoms with E-state index in [-0.39, 0.29) is 18.6 Å². The van der Waals surface area contributed by atoms with Crippen LogP contribution in [0.15, 0.2) is 54.6 Å². The highest BCUT2D eigenvalue weighted by Gasteiger charge is 2.10. The fourth-order valence-corrected chi connectivity index (χ4v) is 2.06. The van der Waals surface area contributed by atoms with E-state index >= 15 is 0 Å². The first kappa shape index (κ1) is 15.1. The number of carbonyl (C=O) groups is 1. The summed E-state index contributed by atoms with van der Waals surface area (Å²) in [5.41, 5.74) is 7.59. The summed E-state index contributed by atoms with van der Waals surface area (Å²) in [4.78, 5) is 11.9. The third-order valence-corrected chi connectivity index (χ3v) is 3.23. The summed E-state index contributed by atoms with van der Waals surface area (Å²) in [6.45, 7) is 2.31. The van der Waals surface area contributed by atoms with E-state index in [2.05, 4.69) is 5.32 Å². The number of para-hydroxylation sites is 1. The second-order valence-corrected chi connectivity index (χ2v) is 4.80. The van der Waals surface area contributed by atoms with Gasteiger partial charge in [-0.25, -0.2) is 0 Å². The highest BCUT2D eigenvalue weighted by Crippen LogP contribution is 2.17. The molecule has 0 spiro atoms. The summed E-state index contributed by atoms with van der Waals surface area (Å²) >= 11 is 0. The Morgan fingerprint density at radius 2 is 1.81 bits per heavy atom. The molecule has 1 atom stereocenters. The van der Waals surface area contributed by atoms with Gasteiger partial charge in [0.15, 0.2) is 6.61 Å². The fourth-order valence-electron chi connectivity index (χ4n) is 2.06. The van der Waals surface area contributed by atoms with Gasteiger partial charge in [-0.3, -0.25) is 4.79 Å². The molecule has 2 aromatic rings. The lowest BCUT2D eigenvalue weighted by molar-refractivity contribution is -0.123. The number of hydrogen-bond acceptors (Lipinski definition) is 3.